The first kappa shape index (κ1) is 12.8. The molecule has 0 amide bonds. The van der Waals surface area contributed by atoms with Gasteiger partial charge in [0.25, 0.3) is 0 Å². The second-order valence-corrected chi connectivity index (χ2v) is 3.20. The highest BCUT2D eigenvalue weighted by atomic mass is 19.4. The second kappa shape index (κ2) is 5.16. The number of hydrogen-bond acceptors (Lipinski definition) is 2. The minimum atomic E-state index is -4.49. The van der Waals surface area contributed by atoms with Gasteiger partial charge in [-0.2, -0.15) is 13.2 Å². The third kappa shape index (κ3) is 3.37. The Balaban J connectivity index is 2.83. The van der Waals surface area contributed by atoms with Crippen molar-refractivity contribution in [3.8, 4) is 0 Å². The van der Waals surface area contributed by atoms with E-state index in [-0.39, 0.29) is 18.8 Å². The molecule has 1 aromatic carbocycles. The van der Waals surface area contributed by atoms with E-state index >= 15 is 0 Å². The highest BCUT2D eigenvalue weighted by Crippen LogP contribution is 2.31. The lowest BCUT2D eigenvalue weighted by Gasteiger charge is -2.11. The molecule has 0 saturated carbocycles. The molecule has 2 nitrogen and oxygen atoms in total. The number of nitrogens with one attached hydrogen (secondary N) is 1. The zero-order valence-corrected chi connectivity index (χ0v) is 8.31. The summed E-state index contributed by atoms with van der Waals surface area (Å²) in [5, 5.41) is 11.0. The third-order valence-corrected chi connectivity index (χ3v) is 1.94. The predicted octanol–water partition coefficient (Wildman–Crippen LogP) is 2.64. The molecule has 0 aliphatic rings. The standard InChI is InChI=1S/C10H11F4NO/c11-8-3-2-7(10(12,13)14)6-9(8)15-4-1-5-16/h2-3,6,15-16H,1,4-5H2. The van der Waals surface area contributed by atoms with Crippen LogP contribution < -0.4 is 5.32 Å². The van der Waals surface area contributed by atoms with Crippen LogP contribution in [0, 0.1) is 5.82 Å². The molecule has 0 radical (unpaired) electrons. The zero-order valence-electron chi connectivity index (χ0n) is 8.31. The smallest absolute Gasteiger partial charge is 0.396 e. The van der Waals surface area contributed by atoms with Gasteiger partial charge in [-0.05, 0) is 24.6 Å². The molecule has 6 heteroatoms. The minimum Gasteiger partial charge on any atom is -0.396 e. The predicted molar refractivity (Wildman–Crippen MR) is 51.6 cm³/mol. The molecule has 16 heavy (non-hydrogen) atoms. The molecule has 1 aromatic rings. The van der Waals surface area contributed by atoms with Crippen molar-refractivity contribution in [1.82, 2.24) is 0 Å². The number of hydrogen-bond donors (Lipinski definition) is 2. The number of alkyl halides is 3. The first-order valence-electron chi connectivity index (χ1n) is 4.66. The first-order chi connectivity index (χ1) is 7.45. The van der Waals surface area contributed by atoms with Crippen molar-refractivity contribution in [2.24, 2.45) is 0 Å². The lowest BCUT2D eigenvalue weighted by Crippen LogP contribution is -2.09. The van der Waals surface area contributed by atoms with E-state index in [4.69, 9.17) is 5.11 Å². The number of halogens is 4. The van der Waals surface area contributed by atoms with E-state index in [0.29, 0.717) is 18.6 Å². The Hall–Kier alpha value is -1.30. The van der Waals surface area contributed by atoms with Crippen molar-refractivity contribution in [3.05, 3.63) is 29.6 Å². The summed E-state index contributed by atoms with van der Waals surface area (Å²) < 4.78 is 50.0. The van der Waals surface area contributed by atoms with E-state index in [2.05, 4.69) is 5.32 Å². The van der Waals surface area contributed by atoms with Crippen LogP contribution in [0.1, 0.15) is 12.0 Å². The summed E-state index contributed by atoms with van der Waals surface area (Å²) in [6.45, 7) is 0.113. The Morgan fingerprint density at radius 1 is 1.25 bits per heavy atom. The van der Waals surface area contributed by atoms with Gasteiger partial charge in [0.05, 0.1) is 11.3 Å². The van der Waals surface area contributed by atoms with Crippen LogP contribution in [0.2, 0.25) is 0 Å². The third-order valence-electron chi connectivity index (χ3n) is 1.94. The molecule has 1 rings (SSSR count). The molecule has 0 bridgehead atoms. The first-order valence-corrected chi connectivity index (χ1v) is 4.66. The van der Waals surface area contributed by atoms with Gasteiger partial charge in [0, 0.05) is 13.2 Å². The van der Waals surface area contributed by atoms with Gasteiger partial charge in [0.1, 0.15) is 5.82 Å². The molecule has 0 unspecified atom stereocenters. The number of aliphatic hydroxyl groups is 1. The van der Waals surface area contributed by atoms with Crippen LogP contribution in [0.25, 0.3) is 0 Å². The number of anilines is 1. The average Bonchev–Trinajstić information content (AvgIpc) is 2.19. The fraction of sp³-hybridized carbons (Fsp3) is 0.400. The van der Waals surface area contributed by atoms with Gasteiger partial charge in [-0.15, -0.1) is 0 Å². The fourth-order valence-electron chi connectivity index (χ4n) is 1.14. The minimum absolute atomic E-state index is 0.104. The summed E-state index contributed by atoms with van der Waals surface area (Å²) in [5.74, 6) is -0.745. The maximum Gasteiger partial charge on any atom is 0.416 e. The normalized spacial score (nSPS) is 11.6. The molecule has 0 atom stereocenters. The van der Waals surface area contributed by atoms with Gasteiger partial charge in [0.2, 0.25) is 0 Å². The Kier molecular flexibility index (Phi) is 4.12. The monoisotopic (exact) mass is 237 g/mol. The van der Waals surface area contributed by atoms with E-state index in [0.717, 1.165) is 6.07 Å². The SMILES string of the molecule is OCCCNc1cc(C(F)(F)F)ccc1F. The summed E-state index contributed by atoms with van der Waals surface area (Å²) in [5.41, 5.74) is -1.11. The van der Waals surface area contributed by atoms with Gasteiger partial charge >= 0.3 is 6.18 Å². The van der Waals surface area contributed by atoms with Crippen LogP contribution in [0.4, 0.5) is 23.2 Å². The van der Waals surface area contributed by atoms with E-state index in [1.165, 1.54) is 0 Å². The molecule has 0 aliphatic heterocycles. The lowest BCUT2D eigenvalue weighted by molar-refractivity contribution is -0.137. The molecule has 0 aromatic heterocycles. The van der Waals surface area contributed by atoms with E-state index in [1.54, 1.807) is 0 Å². The average molecular weight is 237 g/mol. The largest absolute Gasteiger partial charge is 0.416 e. The van der Waals surface area contributed by atoms with Gasteiger partial charge in [-0.25, -0.2) is 4.39 Å². The number of aliphatic hydroxyl groups excluding tert-OH is 1. The summed E-state index contributed by atoms with van der Waals surface area (Å²) in [4.78, 5) is 0. The van der Waals surface area contributed by atoms with Crippen LogP contribution in [0.5, 0.6) is 0 Å². The van der Waals surface area contributed by atoms with Gasteiger partial charge in [-0.1, -0.05) is 0 Å². The maximum atomic E-state index is 13.1. The Morgan fingerprint density at radius 3 is 2.50 bits per heavy atom. The van der Waals surface area contributed by atoms with Crippen molar-refractivity contribution in [3.63, 3.8) is 0 Å². The molecular formula is C10H11F4NO. The topological polar surface area (TPSA) is 32.3 Å². The Labute approximate surface area is 89.9 Å². The van der Waals surface area contributed by atoms with E-state index in [9.17, 15) is 17.6 Å². The maximum absolute atomic E-state index is 13.1. The van der Waals surface area contributed by atoms with E-state index in [1.807, 2.05) is 0 Å². The Bertz CT molecular complexity index is 351. The van der Waals surface area contributed by atoms with Gasteiger partial charge < -0.3 is 10.4 Å². The van der Waals surface area contributed by atoms with Gasteiger partial charge in [0.15, 0.2) is 0 Å². The van der Waals surface area contributed by atoms with Crippen molar-refractivity contribution in [2.45, 2.75) is 12.6 Å². The van der Waals surface area contributed by atoms with Crippen LogP contribution in [0.15, 0.2) is 18.2 Å². The molecule has 90 valence electrons. The van der Waals surface area contributed by atoms with Crippen LogP contribution >= 0.6 is 0 Å². The van der Waals surface area contributed by atoms with Crippen LogP contribution in [-0.4, -0.2) is 18.3 Å². The molecule has 0 aliphatic carbocycles. The molecule has 2 N–H and O–H groups in total. The summed E-state index contributed by atoms with van der Waals surface area (Å²) >= 11 is 0. The fourth-order valence-corrected chi connectivity index (χ4v) is 1.14. The van der Waals surface area contributed by atoms with Gasteiger partial charge in [-0.3, -0.25) is 0 Å². The van der Waals surface area contributed by atoms with Crippen molar-refractivity contribution in [1.29, 1.82) is 0 Å². The molecule has 0 saturated heterocycles. The van der Waals surface area contributed by atoms with Crippen molar-refractivity contribution in [2.75, 3.05) is 18.5 Å². The summed E-state index contributed by atoms with van der Waals surface area (Å²) in [7, 11) is 0. The number of benzene rings is 1. The van der Waals surface area contributed by atoms with Crippen LogP contribution in [0.3, 0.4) is 0 Å². The van der Waals surface area contributed by atoms with Crippen LogP contribution in [-0.2, 0) is 6.18 Å². The van der Waals surface area contributed by atoms with Crippen molar-refractivity contribution < 1.29 is 22.7 Å². The summed E-state index contributed by atoms with van der Waals surface area (Å²) in [6, 6.07) is 2.17. The molecular weight excluding hydrogens is 226 g/mol. The van der Waals surface area contributed by atoms with E-state index < -0.39 is 17.6 Å². The quantitative estimate of drug-likeness (QED) is 0.623. The second-order valence-electron chi connectivity index (χ2n) is 3.20. The summed E-state index contributed by atoms with van der Waals surface area (Å²) in [6.07, 6.45) is -4.14. The zero-order chi connectivity index (χ0) is 12.2. The highest BCUT2D eigenvalue weighted by molar-refractivity contribution is 5.47. The molecule has 0 spiro atoms. The Morgan fingerprint density at radius 2 is 1.94 bits per heavy atom. The molecule has 0 heterocycles. The lowest BCUT2D eigenvalue weighted by atomic mass is 10.2. The highest BCUT2D eigenvalue weighted by Gasteiger charge is 2.31. The number of rotatable bonds is 4. The molecule has 0 fully saturated rings. The van der Waals surface area contributed by atoms with Crippen molar-refractivity contribution >= 4 is 5.69 Å².